The molecular formula is C10H20N4. The molecule has 1 aromatic heterocycles. The molecule has 0 aliphatic carbocycles. The molecule has 4 heteroatoms. The standard InChI is InChI=1S/C10H20N4/c1-5-7(4)8-9(11)14(12)10(13-8)6(2)3/h6-7H,5,11-12H2,1-4H3. The molecule has 1 unspecified atom stereocenters. The van der Waals surface area contributed by atoms with Gasteiger partial charge >= 0.3 is 0 Å². The molecule has 0 saturated heterocycles. The van der Waals surface area contributed by atoms with Crippen LogP contribution in [0.1, 0.15) is 57.5 Å². The molecule has 0 saturated carbocycles. The van der Waals surface area contributed by atoms with Crippen LogP contribution in [0, 0.1) is 0 Å². The van der Waals surface area contributed by atoms with E-state index in [-0.39, 0.29) is 0 Å². The first-order valence-electron chi connectivity index (χ1n) is 5.12. The number of nitrogens with two attached hydrogens (primary N) is 2. The number of hydrogen-bond acceptors (Lipinski definition) is 3. The highest BCUT2D eigenvalue weighted by molar-refractivity contribution is 5.41. The fraction of sp³-hybridized carbons (Fsp3) is 0.700. The molecule has 1 atom stereocenters. The second kappa shape index (κ2) is 3.90. The Balaban J connectivity index is 3.15. The largest absolute Gasteiger partial charge is 0.382 e. The highest BCUT2D eigenvalue weighted by Gasteiger charge is 2.18. The maximum atomic E-state index is 5.89. The van der Waals surface area contributed by atoms with Crippen LogP contribution in [0.25, 0.3) is 0 Å². The molecule has 0 aliphatic rings. The van der Waals surface area contributed by atoms with Crippen LogP contribution in [0.3, 0.4) is 0 Å². The quantitative estimate of drug-likeness (QED) is 0.724. The van der Waals surface area contributed by atoms with Gasteiger partial charge in [-0.1, -0.05) is 27.7 Å². The van der Waals surface area contributed by atoms with Crippen LogP contribution in [0.2, 0.25) is 0 Å². The van der Waals surface area contributed by atoms with Crippen LogP contribution in [0.5, 0.6) is 0 Å². The van der Waals surface area contributed by atoms with Gasteiger partial charge in [-0.05, 0) is 6.42 Å². The summed E-state index contributed by atoms with van der Waals surface area (Å²) in [5.41, 5.74) is 6.82. The van der Waals surface area contributed by atoms with E-state index >= 15 is 0 Å². The van der Waals surface area contributed by atoms with Crippen molar-refractivity contribution in [3.05, 3.63) is 11.5 Å². The monoisotopic (exact) mass is 196 g/mol. The molecule has 4 N–H and O–H groups in total. The summed E-state index contributed by atoms with van der Waals surface area (Å²) in [4.78, 5) is 4.49. The molecule has 0 aliphatic heterocycles. The SMILES string of the molecule is CCC(C)c1nc(C(C)C)n(N)c1N. The van der Waals surface area contributed by atoms with E-state index in [2.05, 4.69) is 32.7 Å². The van der Waals surface area contributed by atoms with Crippen molar-refractivity contribution in [2.24, 2.45) is 0 Å². The van der Waals surface area contributed by atoms with Gasteiger partial charge in [0.1, 0.15) is 11.6 Å². The summed E-state index contributed by atoms with van der Waals surface area (Å²) in [7, 11) is 0. The maximum Gasteiger partial charge on any atom is 0.146 e. The summed E-state index contributed by atoms with van der Waals surface area (Å²) in [6, 6.07) is 0. The molecule has 14 heavy (non-hydrogen) atoms. The summed E-state index contributed by atoms with van der Waals surface area (Å²) in [6.45, 7) is 8.36. The van der Waals surface area contributed by atoms with E-state index in [1.165, 1.54) is 4.68 Å². The van der Waals surface area contributed by atoms with Crippen molar-refractivity contribution in [3.8, 4) is 0 Å². The van der Waals surface area contributed by atoms with Crippen LogP contribution >= 0.6 is 0 Å². The Morgan fingerprint density at radius 3 is 2.29 bits per heavy atom. The third-order valence-electron chi connectivity index (χ3n) is 2.60. The number of hydrogen-bond donors (Lipinski definition) is 2. The number of aromatic nitrogens is 2. The first-order valence-corrected chi connectivity index (χ1v) is 5.12. The Labute approximate surface area is 85.3 Å². The smallest absolute Gasteiger partial charge is 0.146 e. The lowest BCUT2D eigenvalue weighted by Gasteiger charge is -2.05. The van der Waals surface area contributed by atoms with Crippen LogP contribution in [-0.2, 0) is 0 Å². The second-order valence-corrected chi connectivity index (χ2v) is 4.07. The molecule has 0 fully saturated rings. The molecule has 1 heterocycles. The Morgan fingerprint density at radius 2 is 1.93 bits per heavy atom. The summed E-state index contributed by atoms with van der Waals surface area (Å²) in [5, 5.41) is 0. The fourth-order valence-corrected chi connectivity index (χ4v) is 1.44. The van der Waals surface area contributed by atoms with E-state index < -0.39 is 0 Å². The third kappa shape index (κ3) is 1.69. The Morgan fingerprint density at radius 1 is 1.36 bits per heavy atom. The Bertz CT molecular complexity index is 314. The molecule has 0 bridgehead atoms. The highest BCUT2D eigenvalue weighted by atomic mass is 15.4. The average Bonchev–Trinajstić information content (AvgIpc) is 2.43. The summed E-state index contributed by atoms with van der Waals surface area (Å²) < 4.78 is 1.51. The van der Waals surface area contributed by atoms with Gasteiger partial charge in [0, 0.05) is 11.8 Å². The predicted octanol–water partition coefficient (Wildman–Crippen LogP) is 1.82. The zero-order valence-electron chi connectivity index (χ0n) is 9.41. The van der Waals surface area contributed by atoms with Crippen molar-refractivity contribution in [2.75, 3.05) is 11.6 Å². The average molecular weight is 196 g/mol. The normalized spacial score (nSPS) is 13.5. The van der Waals surface area contributed by atoms with E-state index in [0.717, 1.165) is 17.9 Å². The van der Waals surface area contributed by atoms with Gasteiger partial charge in [0.15, 0.2) is 0 Å². The number of rotatable bonds is 3. The number of nitrogens with zero attached hydrogens (tertiary/aromatic N) is 2. The summed E-state index contributed by atoms with van der Waals surface area (Å²) >= 11 is 0. The fourth-order valence-electron chi connectivity index (χ4n) is 1.44. The lowest BCUT2D eigenvalue weighted by molar-refractivity contribution is 0.700. The van der Waals surface area contributed by atoms with Crippen molar-refractivity contribution in [1.29, 1.82) is 0 Å². The van der Waals surface area contributed by atoms with Gasteiger partial charge in [-0.15, -0.1) is 0 Å². The first kappa shape index (κ1) is 10.9. The predicted molar refractivity (Wildman–Crippen MR) is 59.6 cm³/mol. The minimum Gasteiger partial charge on any atom is -0.382 e. The molecule has 0 aromatic carbocycles. The summed E-state index contributed by atoms with van der Waals surface area (Å²) in [5.74, 6) is 7.96. The van der Waals surface area contributed by atoms with Crippen molar-refractivity contribution in [1.82, 2.24) is 9.66 Å². The van der Waals surface area contributed by atoms with E-state index in [9.17, 15) is 0 Å². The molecule has 0 amide bonds. The van der Waals surface area contributed by atoms with Crippen LogP contribution < -0.4 is 11.6 Å². The lowest BCUT2D eigenvalue weighted by atomic mass is 10.1. The molecule has 1 aromatic rings. The number of anilines is 1. The maximum absolute atomic E-state index is 5.89. The van der Waals surface area contributed by atoms with E-state index in [1.807, 2.05) is 0 Å². The van der Waals surface area contributed by atoms with Crippen LogP contribution in [0.15, 0.2) is 0 Å². The van der Waals surface area contributed by atoms with Crippen molar-refractivity contribution in [2.45, 2.75) is 46.0 Å². The van der Waals surface area contributed by atoms with Gasteiger partial charge in [-0.2, -0.15) is 0 Å². The molecule has 80 valence electrons. The van der Waals surface area contributed by atoms with Crippen molar-refractivity contribution >= 4 is 5.82 Å². The summed E-state index contributed by atoms with van der Waals surface area (Å²) in [6.07, 6.45) is 1.03. The van der Waals surface area contributed by atoms with Gasteiger partial charge in [-0.25, -0.2) is 9.66 Å². The highest BCUT2D eigenvalue weighted by Crippen LogP contribution is 2.26. The second-order valence-electron chi connectivity index (χ2n) is 4.07. The van der Waals surface area contributed by atoms with E-state index in [0.29, 0.717) is 17.7 Å². The van der Waals surface area contributed by atoms with Crippen LogP contribution in [0.4, 0.5) is 5.82 Å². The van der Waals surface area contributed by atoms with Gasteiger partial charge < -0.3 is 11.6 Å². The molecule has 1 rings (SSSR count). The zero-order valence-corrected chi connectivity index (χ0v) is 9.41. The Hall–Kier alpha value is -1.19. The third-order valence-corrected chi connectivity index (χ3v) is 2.60. The molecule has 0 spiro atoms. The van der Waals surface area contributed by atoms with Crippen LogP contribution in [-0.4, -0.2) is 9.66 Å². The lowest BCUT2D eigenvalue weighted by Crippen LogP contribution is -2.16. The molecule has 0 radical (unpaired) electrons. The van der Waals surface area contributed by atoms with Gasteiger partial charge in [0.05, 0.1) is 5.69 Å². The number of imidazole rings is 1. The zero-order chi connectivity index (χ0) is 10.9. The van der Waals surface area contributed by atoms with Crippen molar-refractivity contribution < 1.29 is 0 Å². The van der Waals surface area contributed by atoms with Crippen molar-refractivity contribution in [3.63, 3.8) is 0 Å². The minimum absolute atomic E-state index is 0.306. The minimum atomic E-state index is 0.306. The van der Waals surface area contributed by atoms with Gasteiger partial charge in [0.25, 0.3) is 0 Å². The Kier molecular flexibility index (Phi) is 3.03. The van der Waals surface area contributed by atoms with E-state index in [1.54, 1.807) is 0 Å². The molecule has 4 nitrogen and oxygen atoms in total. The topological polar surface area (TPSA) is 69.9 Å². The van der Waals surface area contributed by atoms with Gasteiger partial charge in [-0.3, -0.25) is 0 Å². The first-order chi connectivity index (χ1) is 6.49. The number of nitrogen functional groups attached to an aromatic ring is 2. The van der Waals surface area contributed by atoms with E-state index in [4.69, 9.17) is 11.6 Å². The molecular weight excluding hydrogens is 176 g/mol. The van der Waals surface area contributed by atoms with Gasteiger partial charge in [0.2, 0.25) is 0 Å².